The molecule has 1 saturated heterocycles. The Morgan fingerprint density at radius 2 is 2.09 bits per heavy atom. The summed E-state index contributed by atoms with van der Waals surface area (Å²) in [5.74, 6) is 2.00. The summed E-state index contributed by atoms with van der Waals surface area (Å²) < 4.78 is 5.34. The second-order valence-electron chi connectivity index (χ2n) is 7.21. The fourth-order valence-electron chi connectivity index (χ4n) is 4.71. The molecular formula is C20H26O3. The minimum Gasteiger partial charge on any atom is -0.462 e. The van der Waals surface area contributed by atoms with Crippen molar-refractivity contribution in [3.05, 3.63) is 34.9 Å². The Balaban J connectivity index is 1.78. The van der Waals surface area contributed by atoms with E-state index < -0.39 is 0 Å². The van der Waals surface area contributed by atoms with Crippen molar-refractivity contribution in [3.8, 4) is 0 Å². The number of rotatable bonds is 4. The number of hydrogen-bond donors (Lipinski definition) is 0. The van der Waals surface area contributed by atoms with Crippen molar-refractivity contribution in [3.63, 3.8) is 0 Å². The Hall–Kier alpha value is -1.64. The van der Waals surface area contributed by atoms with E-state index in [4.69, 9.17) is 4.74 Å². The molecule has 0 amide bonds. The van der Waals surface area contributed by atoms with Gasteiger partial charge >= 0.3 is 5.97 Å². The van der Waals surface area contributed by atoms with Crippen LogP contribution in [-0.2, 0) is 14.3 Å². The number of hydrogen-bond acceptors (Lipinski definition) is 3. The number of carbonyl (C=O) groups is 2. The first-order chi connectivity index (χ1) is 11.1. The molecule has 0 aromatic heterocycles. The fourth-order valence-corrected chi connectivity index (χ4v) is 4.71. The van der Waals surface area contributed by atoms with Gasteiger partial charge in [-0.2, -0.15) is 0 Å². The number of ether oxygens (including phenoxy) is 1. The van der Waals surface area contributed by atoms with E-state index in [0.29, 0.717) is 24.4 Å². The van der Waals surface area contributed by atoms with Crippen LogP contribution in [0.1, 0.15) is 46.0 Å². The van der Waals surface area contributed by atoms with Crippen molar-refractivity contribution in [1.82, 2.24) is 0 Å². The highest BCUT2D eigenvalue weighted by molar-refractivity contribution is 5.91. The Bertz CT molecular complexity index is 582. The van der Waals surface area contributed by atoms with Crippen LogP contribution in [0.15, 0.2) is 34.9 Å². The van der Waals surface area contributed by atoms with Gasteiger partial charge in [0.05, 0.1) is 6.61 Å². The van der Waals surface area contributed by atoms with Crippen molar-refractivity contribution < 1.29 is 14.3 Å². The molecule has 2 fully saturated rings. The standard InChI is InChI=1S/C20H26O3/c1-13(11-21)5-3-6-14(2)16-10-9-15-7-4-8-17-18(19(15)16)12-23-20(17)22/h5-6,8,11,15-16,18-19H,3-4,7,9-10,12H2,1-2H3. The maximum atomic E-state index is 12.0. The average molecular weight is 314 g/mol. The van der Waals surface area contributed by atoms with Crippen LogP contribution in [0.25, 0.3) is 0 Å². The molecule has 3 nitrogen and oxygen atoms in total. The van der Waals surface area contributed by atoms with Crippen LogP contribution in [-0.4, -0.2) is 18.9 Å². The minimum atomic E-state index is -0.0903. The summed E-state index contributed by atoms with van der Waals surface area (Å²) in [5.41, 5.74) is 3.13. The lowest BCUT2D eigenvalue weighted by molar-refractivity contribution is -0.135. The molecule has 0 N–H and O–H groups in total. The predicted octanol–water partition coefficient (Wildman–Crippen LogP) is 4.00. The highest BCUT2D eigenvalue weighted by atomic mass is 16.5. The van der Waals surface area contributed by atoms with E-state index in [9.17, 15) is 9.59 Å². The summed E-state index contributed by atoms with van der Waals surface area (Å²) in [4.78, 5) is 22.6. The zero-order valence-corrected chi connectivity index (χ0v) is 14.1. The smallest absolute Gasteiger partial charge is 0.334 e. The SMILES string of the molecule is CC(C=O)=CCC=C(C)C1CCC2CCC=C3C(=O)OCC3C21. The minimum absolute atomic E-state index is 0.0903. The number of fused-ring (bicyclic) bond motifs is 3. The third-order valence-corrected chi connectivity index (χ3v) is 5.90. The van der Waals surface area contributed by atoms with E-state index in [0.717, 1.165) is 30.3 Å². The topological polar surface area (TPSA) is 43.4 Å². The third kappa shape index (κ3) is 3.19. The maximum Gasteiger partial charge on any atom is 0.334 e. The van der Waals surface area contributed by atoms with Crippen LogP contribution in [0, 0.1) is 23.7 Å². The van der Waals surface area contributed by atoms with Crippen LogP contribution in [0.2, 0.25) is 0 Å². The first-order valence-electron chi connectivity index (χ1n) is 8.77. The van der Waals surface area contributed by atoms with E-state index in [-0.39, 0.29) is 11.9 Å². The van der Waals surface area contributed by atoms with Crippen LogP contribution >= 0.6 is 0 Å². The molecule has 0 spiro atoms. The second-order valence-corrected chi connectivity index (χ2v) is 7.21. The summed E-state index contributed by atoms with van der Waals surface area (Å²) in [6.07, 6.45) is 12.8. The van der Waals surface area contributed by atoms with Crippen LogP contribution in [0.4, 0.5) is 0 Å². The average Bonchev–Trinajstić information content (AvgIpc) is 3.06. The second kappa shape index (κ2) is 6.86. The maximum absolute atomic E-state index is 12.0. The summed E-state index contributed by atoms with van der Waals surface area (Å²) >= 11 is 0. The van der Waals surface area contributed by atoms with Crippen molar-refractivity contribution >= 4 is 12.3 Å². The third-order valence-electron chi connectivity index (χ3n) is 5.90. The highest BCUT2D eigenvalue weighted by Gasteiger charge is 2.47. The number of carbonyl (C=O) groups excluding carboxylic acids is 2. The molecule has 2 aliphatic carbocycles. The molecule has 124 valence electrons. The van der Waals surface area contributed by atoms with Gasteiger partial charge in [-0.1, -0.05) is 23.8 Å². The predicted molar refractivity (Wildman–Crippen MR) is 89.7 cm³/mol. The Morgan fingerprint density at radius 1 is 1.26 bits per heavy atom. The zero-order chi connectivity index (χ0) is 16.4. The Kier molecular flexibility index (Phi) is 4.84. The molecule has 3 heteroatoms. The first kappa shape index (κ1) is 16.2. The molecule has 0 bridgehead atoms. The molecule has 0 radical (unpaired) electrons. The van der Waals surface area contributed by atoms with Crippen molar-refractivity contribution in [2.75, 3.05) is 6.61 Å². The molecule has 23 heavy (non-hydrogen) atoms. The molecule has 1 saturated carbocycles. The molecule has 3 aliphatic rings. The molecule has 4 unspecified atom stereocenters. The van der Waals surface area contributed by atoms with Crippen molar-refractivity contribution in [2.24, 2.45) is 23.7 Å². The molecule has 3 rings (SSSR count). The molecule has 0 aromatic carbocycles. The van der Waals surface area contributed by atoms with Crippen molar-refractivity contribution in [1.29, 1.82) is 0 Å². The van der Waals surface area contributed by atoms with Gasteiger partial charge in [0.1, 0.15) is 6.29 Å². The highest BCUT2D eigenvalue weighted by Crippen LogP contribution is 2.51. The lowest BCUT2D eigenvalue weighted by Crippen LogP contribution is -2.26. The number of cyclic esters (lactones) is 1. The largest absolute Gasteiger partial charge is 0.462 e. The first-order valence-corrected chi connectivity index (χ1v) is 8.77. The fraction of sp³-hybridized carbons (Fsp3) is 0.600. The quantitative estimate of drug-likeness (QED) is 0.341. The summed E-state index contributed by atoms with van der Waals surface area (Å²) in [6, 6.07) is 0. The Labute approximate surface area is 138 Å². The normalized spacial score (nSPS) is 34.3. The van der Waals surface area contributed by atoms with Gasteiger partial charge in [-0.05, 0) is 69.3 Å². The molecule has 0 aromatic rings. The van der Waals surface area contributed by atoms with Gasteiger partial charge in [-0.3, -0.25) is 4.79 Å². The van der Waals surface area contributed by atoms with Crippen molar-refractivity contribution in [2.45, 2.75) is 46.0 Å². The molecule has 1 aliphatic heterocycles. The van der Waals surface area contributed by atoms with Crippen LogP contribution in [0.5, 0.6) is 0 Å². The summed E-state index contributed by atoms with van der Waals surface area (Å²) in [5, 5.41) is 0. The van der Waals surface area contributed by atoms with Gasteiger partial charge in [0.15, 0.2) is 0 Å². The number of allylic oxidation sites excluding steroid dienone is 5. The van der Waals surface area contributed by atoms with Gasteiger partial charge in [0.25, 0.3) is 0 Å². The summed E-state index contributed by atoms with van der Waals surface area (Å²) in [6.45, 7) is 4.62. The van der Waals surface area contributed by atoms with Gasteiger partial charge in [-0.15, -0.1) is 0 Å². The monoisotopic (exact) mass is 314 g/mol. The van der Waals surface area contributed by atoms with Gasteiger partial charge < -0.3 is 4.74 Å². The van der Waals surface area contributed by atoms with Gasteiger partial charge in [0.2, 0.25) is 0 Å². The van der Waals surface area contributed by atoms with Crippen LogP contribution in [0.3, 0.4) is 0 Å². The lowest BCUT2D eigenvalue weighted by atomic mass is 9.74. The molecule has 4 atom stereocenters. The van der Waals surface area contributed by atoms with Crippen LogP contribution < -0.4 is 0 Å². The summed E-state index contributed by atoms with van der Waals surface area (Å²) in [7, 11) is 0. The number of esters is 1. The van der Waals surface area contributed by atoms with Gasteiger partial charge in [-0.25, -0.2) is 4.79 Å². The number of aldehydes is 1. The van der Waals surface area contributed by atoms with E-state index in [1.165, 1.54) is 24.8 Å². The van der Waals surface area contributed by atoms with E-state index in [2.05, 4.69) is 19.1 Å². The van der Waals surface area contributed by atoms with E-state index in [1.54, 1.807) is 0 Å². The Morgan fingerprint density at radius 3 is 2.87 bits per heavy atom. The van der Waals surface area contributed by atoms with E-state index in [1.807, 2.05) is 13.0 Å². The lowest BCUT2D eigenvalue weighted by Gasteiger charge is -2.29. The van der Waals surface area contributed by atoms with E-state index >= 15 is 0 Å². The molecule has 1 heterocycles. The van der Waals surface area contributed by atoms with Gasteiger partial charge in [0, 0.05) is 11.5 Å². The molecular weight excluding hydrogens is 288 g/mol. The zero-order valence-electron chi connectivity index (χ0n) is 14.1.